The van der Waals surface area contributed by atoms with Crippen molar-refractivity contribution in [2.24, 2.45) is 0 Å². The molecule has 0 saturated heterocycles. The first-order valence-corrected chi connectivity index (χ1v) is 6.33. The number of nitrogens with one attached hydrogen (secondary N) is 1. The molecule has 2 aromatic rings. The van der Waals surface area contributed by atoms with Crippen LogP contribution in [0.5, 0.6) is 0 Å². The summed E-state index contributed by atoms with van der Waals surface area (Å²) in [5, 5.41) is 11.9. The Balaban J connectivity index is 2.00. The fourth-order valence-corrected chi connectivity index (χ4v) is 1.90. The Hall–Kier alpha value is -2.14. The van der Waals surface area contributed by atoms with Crippen molar-refractivity contribution < 1.29 is 14.3 Å². The Morgan fingerprint density at radius 1 is 1.30 bits per heavy atom. The zero-order valence-corrected chi connectivity index (χ0v) is 11.2. The van der Waals surface area contributed by atoms with Crippen molar-refractivity contribution in [2.75, 3.05) is 11.9 Å². The van der Waals surface area contributed by atoms with Gasteiger partial charge in [0.05, 0.1) is 5.02 Å². The first kappa shape index (κ1) is 14.3. The third-order valence-electron chi connectivity index (χ3n) is 2.71. The molecule has 20 heavy (non-hydrogen) atoms. The molecule has 0 atom stereocenters. The summed E-state index contributed by atoms with van der Waals surface area (Å²) >= 11 is 5.72. The van der Waals surface area contributed by atoms with Gasteiger partial charge in [-0.3, -0.25) is 0 Å². The molecule has 1 aromatic heterocycles. The zero-order chi connectivity index (χ0) is 14.5. The SMILES string of the molecule is O=C(O)c1nc(NCCc2ccccc2F)ccc1Cl. The lowest BCUT2D eigenvalue weighted by Crippen LogP contribution is -2.10. The Morgan fingerprint density at radius 2 is 2.05 bits per heavy atom. The molecule has 104 valence electrons. The number of aromatic nitrogens is 1. The fraction of sp³-hybridized carbons (Fsp3) is 0.143. The summed E-state index contributed by atoms with van der Waals surface area (Å²) in [6.07, 6.45) is 0.472. The summed E-state index contributed by atoms with van der Waals surface area (Å²) < 4.78 is 13.4. The maximum atomic E-state index is 13.4. The maximum Gasteiger partial charge on any atom is 0.356 e. The monoisotopic (exact) mass is 294 g/mol. The van der Waals surface area contributed by atoms with E-state index in [0.717, 1.165) is 0 Å². The van der Waals surface area contributed by atoms with E-state index in [1.54, 1.807) is 24.3 Å². The lowest BCUT2D eigenvalue weighted by molar-refractivity contribution is 0.0691. The molecule has 6 heteroatoms. The second-order valence-electron chi connectivity index (χ2n) is 4.10. The van der Waals surface area contributed by atoms with E-state index >= 15 is 0 Å². The molecular weight excluding hydrogens is 283 g/mol. The van der Waals surface area contributed by atoms with Crippen LogP contribution in [0, 0.1) is 5.82 Å². The Bertz CT molecular complexity index is 634. The number of carbonyl (C=O) groups is 1. The molecule has 0 spiro atoms. The molecule has 0 amide bonds. The van der Waals surface area contributed by atoms with Crippen LogP contribution >= 0.6 is 11.6 Å². The number of rotatable bonds is 5. The Kier molecular flexibility index (Phi) is 4.53. The van der Waals surface area contributed by atoms with Crippen LogP contribution in [0.2, 0.25) is 5.02 Å². The average molecular weight is 295 g/mol. The number of nitrogens with zero attached hydrogens (tertiary/aromatic N) is 1. The number of carboxylic acid groups (broad SMARTS) is 1. The van der Waals surface area contributed by atoms with Gasteiger partial charge in [-0.2, -0.15) is 0 Å². The lowest BCUT2D eigenvalue weighted by atomic mass is 10.1. The van der Waals surface area contributed by atoms with Gasteiger partial charge in [-0.1, -0.05) is 29.8 Å². The minimum absolute atomic E-state index is 0.0807. The molecule has 2 rings (SSSR count). The standard InChI is InChI=1S/C14H12ClFN2O2/c15-10-5-6-12(18-13(10)14(19)20)17-8-7-9-3-1-2-4-11(9)16/h1-6H,7-8H2,(H,17,18)(H,19,20). The van der Waals surface area contributed by atoms with E-state index in [-0.39, 0.29) is 16.5 Å². The van der Waals surface area contributed by atoms with E-state index in [1.165, 1.54) is 12.1 Å². The summed E-state index contributed by atoms with van der Waals surface area (Å²) in [6, 6.07) is 9.54. The molecule has 0 aliphatic carbocycles. The van der Waals surface area contributed by atoms with Crippen molar-refractivity contribution in [2.45, 2.75) is 6.42 Å². The number of halogens is 2. The molecule has 4 nitrogen and oxygen atoms in total. The van der Waals surface area contributed by atoms with Crippen molar-refractivity contribution in [3.63, 3.8) is 0 Å². The van der Waals surface area contributed by atoms with E-state index in [0.29, 0.717) is 24.3 Å². The highest BCUT2D eigenvalue weighted by atomic mass is 35.5. The molecule has 0 saturated carbocycles. The van der Waals surface area contributed by atoms with Crippen LogP contribution in [0.3, 0.4) is 0 Å². The van der Waals surface area contributed by atoms with Crippen LogP contribution in [-0.4, -0.2) is 22.6 Å². The maximum absolute atomic E-state index is 13.4. The van der Waals surface area contributed by atoms with Crippen molar-refractivity contribution in [3.8, 4) is 0 Å². The third kappa shape index (κ3) is 3.45. The van der Waals surface area contributed by atoms with Crippen LogP contribution in [0.25, 0.3) is 0 Å². The summed E-state index contributed by atoms with van der Waals surface area (Å²) in [5.74, 6) is -1.06. The average Bonchev–Trinajstić information content (AvgIpc) is 2.42. The van der Waals surface area contributed by atoms with Gasteiger partial charge in [-0.25, -0.2) is 14.2 Å². The van der Waals surface area contributed by atoms with Crippen molar-refractivity contribution >= 4 is 23.4 Å². The summed E-state index contributed by atoms with van der Waals surface area (Å²) in [5.41, 5.74) is 0.384. The number of aromatic carboxylic acids is 1. The predicted octanol–water partition coefficient (Wildman–Crippen LogP) is 3.23. The number of hydrogen-bond donors (Lipinski definition) is 2. The van der Waals surface area contributed by atoms with Gasteiger partial charge in [0.2, 0.25) is 0 Å². The number of benzene rings is 1. The number of anilines is 1. The van der Waals surface area contributed by atoms with Gasteiger partial charge in [0.25, 0.3) is 0 Å². The first-order chi connectivity index (χ1) is 9.58. The number of pyridine rings is 1. The zero-order valence-electron chi connectivity index (χ0n) is 10.4. The van der Waals surface area contributed by atoms with Crippen LogP contribution < -0.4 is 5.32 Å². The minimum Gasteiger partial charge on any atom is -0.476 e. The van der Waals surface area contributed by atoms with Crippen molar-refractivity contribution in [1.82, 2.24) is 4.98 Å². The smallest absolute Gasteiger partial charge is 0.356 e. The first-order valence-electron chi connectivity index (χ1n) is 5.95. The van der Waals surface area contributed by atoms with Crippen molar-refractivity contribution in [1.29, 1.82) is 0 Å². The largest absolute Gasteiger partial charge is 0.476 e. The highest BCUT2D eigenvalue weighted by Crippen LogP contribution is 2.16. The van der Waals surface area contributed by atoms with Gasteiger partial charge < -0.3 is 10.4 Å². The summed E-state index contributed by atoms with van der Waals surface area (Å²) in [4.78, 5) is 14.8. The molecule has 0 bridgehead atoms. The van der Waals surface area contributed by atoms with Gasteiger partial charge in [0.15, 0.2) is 5.69 Å². The van der Waals surface area contributed by atoms with Crippen LogP contribution in [0.15, 0.2) is 36.4 Å². The number of carboxylic acids is 1. The summed E-state index contributed by atoms with van der Waals surface area (Å²) in [7, 11) is 0. The Morgan fingerprint density at radius 3 is 2.75 bits per heavy atom. The second-order valence-corrected chi connectivity index (χ2v) is 4.51. The summed E-state index contributed by atoms with van der Waals surface area (Å²) in [6.45, 7) is 0.439. The molecule has 0 unspecified atom stereocenters. The lowest BCUT2D eigenvalue weighted by Gasteiger charge is -2.07. The third-order valence-corrected chi connectivity index (χ3v) is 3.01. The topological polar surface area (TPSA) is 62.2 Å². The molecule has 1 aromatic carbocycles. The van der Waals surface area contributed by atoms with Crippen LogP contribution in [-0.2, 0) is 6.42 Å². The molecule has 0 fully saturated rings. The van der Waals surface area contributed by atoms with E-state index in [2.05, 4.69) is 10.3 Å². The van der Waals surface area contributed by atoms with Crippen LogP contribution in [0.1, 0.15) is 16.1 Å². The molecular formula is C14H12ClFN2O2. The Labute approximate surface area is 120 Å². The molecule has 1 heterocycles. The van der Waals surface area contributed by atoms with Gasteiger partial charge in [-0.15, -0.1) is 0 Å². The van der Waals surface area contributed by atoms with Crippen molar-refractivity contribution in [3.05, 3.63) is 58.5 Å². The second kappa shape index (κ2) is 6.34. The van der Waals surface area contributed by atoms with E-state index in [9.17, 15) is 9.18 Å². The van der Waals surface area contributed by atoms with Crippen LogP contribution in [0.4, 0.5) is 10.2 Å². The molecule has 0 aliphatic heterocycles. The van der Waals surface area contributed by atoms with Gasteiger partial charge in [0, 0.05) is 6.54 Å². The van der Waals surface area contributed by atoms with Gasteiger partial charge >= 0.3 is 5.97 Å². The quantitative estimate of drug-likeness (QED) is 0.889. The normalized spacial score (nSPS) is 10.3. The molecule has 0 radical (unpaired) electrons. The highest BCUT2D eigenvalue weighted by Gasteiger charge is 2.11. The van der Waals surface area contributed by atoms with Gasteiger partial charge in [0.1, 0.15) is 11.6 Å². The van der Waals surface area contributed by atoms with E-state index in [1.807, 2.05) is 0 Å². The van der Waals surface area contributed by atoms with E-state index in [4.69, 9.17) is 16.7 Å². The number of hydrogen-bond acceptors (Lipinski definition) is 3. The minimum atomic E-state index is -1.19. The predicted molar refractivity (Wildman–Crippen MR) is 74.8 cm³/mol. The highest BCUT2D eigenvalue weighted by molar-refractivity contribution is 6.33. The molecule has 0 aliphatic rings. The molecule has 2 N–H and O–H groups in total. The van der Waals surface area contributed by atoms with E-state index < -0.39 is 5.97 Å². The fourth-order valence-electron chi connectivity index (χ4n) is 1.72. The van der Waals surface area contributed by atoms with Gasteiger partial charge in [-0.05, 0) is 30.2 Å².